The maximum atomic E-state index is 13.7. The molecule has 0 aliphatic carbocycles. The third-order valence-corrected chi connectivity index (χ3v) is 3.11. The standard InChI is InChI=1S/C13H9BrF2N2O3/c1-7(10-5-9(15)2-3-11(10)16)21-12-4-8(14)6-17-13(12)18(19)20/h2-7H,1H3/t7-/m1/s1. The first-order valence-corrected chi connectivity index (χ1v) is 6.59. The average Bonchev–Trinajstić information content (AvgIpc) is 2.41. The molecule has 0 radical (unpaired) electrons. The highest BCUT2D eigenvalue weighted by Crippen LogP contribution is 2.32. The number of rotatable bonds is 4. The quantitative estimate of drug-likeness (QED) is 0.607. The molecule has 0 aliphatic heterocycles. The van der Waals surface area contributed by atoms with Crippen LogP contribution in [0.15, 0.2) is 34.9 Å². The third-order valence-electron chi connectivity index (χ3n) is 2.67. The lowest BCUT2D eigenvalue weighted by Gasteiger charge is -2.15. The van der Waals surface area contributed by atoms with Crippen LogP contribution < -0.4 is 4.74 Å². The molecule has 0 fully saturated rings. The van der Waals surface area contributed by atoms with Crippen molar-refractivity contribution in [3.05, 3.63) is 62.2 Å². The molecular weight excluding hydrogens is 350 g/mol. The first-order chi connectivity index (χ1) is 9.88. The van der Waals surface area contributed by atoms with E-state index in [-0.39, 0.29) is 11.3 Å². The van der Waals surface area contributed by atoms with E-state index in [1.165, 1.54) is 19.2 Å². The van der Waals surface area contributed by atoms with Crippen molar-refractivity contribution >= 4 is 21.7 Å². The van der Waals surface area contributed by atoms with E-state index in [1.54, 1.807) is 0 Å². The molecule has 8 heteroatoms. The first-order valence-electron chi connectivity index (χ1n) is 5.80. The number of aromatic nitrogens is 1. The largest absolute Gasteiger partial charge is 0.478 e. The summed E-state index contributed by atoms with van der Waals surface area (Å²) in [5.41, 5.74) is -0.0377. The van der Waals surface area contributed by atoms with Crippen molar-refractivity contribution in [3.63, 3.8) is 0 Å². The predicted octanol–water partition coefficient (Wildman–Crippen LogP) is 4.17. The van der Waals surface area contributed by atoms with Crippen LogP contribution in [-0.2, 0) is 0 Å². The second-order valence-electron chi connectivity index (χ2n) is 4.16. The summed E-state index contributed by atoms with van der Waals surface area (Å²) >= 11 is 3.12. The normalized spacial score (nSPS) is 12.0. The number of hydrogen-bond acceptors (Lipinski definition) is 4. The van der Waals surface area contributed by atoms with Gasteiger partial charge in [-0.25, -0.2) is 8.78 Å². The van der Waals surface area contributed by atoms with Gasteiger partial charge < -0.3 is 14.9 Å². The molecule has 0 unspecified atom stereocenters. The highest BCUT2D eigenvalue weighted by molar-refractivity contribution is 9.10. The van der Waals surface area contributed by atoms with Crippen molar-refractivity contribution in [2.24, 2.45) is 0 Å². The summed E-state index contributed by atoms with van der Waals surface area (Å²) in [6.07, 6.45) is 0.328. The minimum absolute atomic E-state index is 0.0377. The fourth-order valence-electron chi connectivity index (χ4n) is 1.72. The Morgan fingerprint density at radius 2 is 2.10 bits per heavy atom. The maximum Gasteiger partial charge on any atom is 0.406 e. The molecule has 21 heavy (non-hydrogen) atoms. The van der Waals surface area contributed by atoms with Crippen molar-refractivity contribution < 1.29 is 18.4 Å². The fourth-order valence-corrected chi connectivity index (χ4v) is 2.03. The van der Waals surface area contributed by atoms with Gasteiger partial charge in [-0.1, -0.05) is 0 Å². The zero-order valence-corrected chi connectivity index (χ0v) is 12.3. The Morgan fingerprint density at radius 1 is 1.38 bits per heavy atom. The second-order valence-corrected chi connectivity index (χ2v) is 5.07. The number of benzene rings is 1. The zero-order chi connectivity index (χ0) is 15.6. The summed E-state index contributed by atoms with van der Waals surface area (Å²) in [5, 5.41) is 10.9. The molecular formula is C13H9BrF2N2O3. The summed E-state index contributed by atoms with van der Waals surface area (Å²) < 4.78 is 32.7. The third kappa shape index (κ3) is 3.52. The van der Waals surface area contributed by atoms with Gasteiger partial charge in [0.05, 0.1) is 4.47 Å². The van der Waals surface area contributed by atoms with Crippen molar-refractivity contribution in [3.8, 4) is 5.75 Å². The van der Waals surface area contributed by atoms with Gasteiger partial charge >= 0.3 is 5.82 Å². The van der Waals surface area contributed by atoms with Crippen molar-refractivity contribution in [2.75, 3.05) is 0 Å². The molecule has 0 amide bonds. The number of pyridine rings is 1. The molecule has 2 rings (SSSR count). The highest BCUT2D eigenvalue weighted by atomic mass is 79.9. The molecule has 0 spiro atoms. The number of nitrogens with zero attached hydrogens (tertiary/aromatic N) is 2. The molecule has 2 aromatic rings. The first kappa shape index (κ1) is 15.3. The molecule has 0 saturated heterocycles. The van der Waals surface area contributed by atoms with Crippen molar-refractivity contribution in [1.29, 1.82) is 0 Å². The van der Waals surface area contributed by atoms with Gasteiger partial charge in [0, 0.05) is 11.6 Å². The van der Waals surface area contributed by atoms with Gasteiger partial charge in [-0.05, 0) is 51.0 Å². The van der Waals surface area contributed by atoms with E-state index >= 15 is 0 Å². The van der Waals surface area contributed by atoms with Crippen molar-refractivity contribution in [1.82, 2.24) is 4.98 Å². The molecule has 0 aliphatic rings. The molecule has 1 heterocycles. The van der Waals surface area contributed by atoms with Crippen LogP contribution in [0, 0.1) is 21.7 Å². The minimum atomic E-state index is -0.921. The minimum Gasteiger partial charge on any atom is -0.478 e. The van der Waals surface area contributed by atoms with Crippen LogP contribution in [-0.4, -0.2) is 9.91 Å². The zero-order valence-electron chi connectivity index (χ0n) is 10.7. The van der Waals surface area contributed by atoms with Gasteiger partial charge in [-0.3, -0.25) is 0 Å². The summed E-state index contributed by atoms with van der Waals surface area (Å²) in [6, 6.07) is 4.28. The lowest BCUT2D eigenvalue weighted by Crippen LogP contribution is -2.08. The van der Waals surface area contributed by atoms with Crippen LogP contribution in [0.25, 0.3) is 0 Å². The Labute approximate surface area is 126 Å². The molecule has 110 valence electrons. The van der Waals surface area contributed by atoms with E-state index < -0.39 is 28.5 Å². The Kier molecular flexibility index (Phi) is 4.46. The van der Waals surface area contributed by atoms with E-state index in [0.29, 0.717) is 4.47 Å². The SMILES string of the molecule is C[C@@H](Oc1cc(Br)cnc1[N+](=O)[O-])c1cc(F)ccc1F. The summed E-state index contributed by atoms with van der Waals surface area (Å²) in [5.74, 6) is -1.91. The average molecular weight is 359 g/mol. The maximum absolute atomic E-state index is 13.7. The predicted molar refractivity (Wildman–Crippen MR) is 74.0 cm³/mol. The Balaban J connectivity index is 2.35. The van der Waals surface area contributed by atoms with Gasteiger partial charge in [0.2, 0.25) is 5.75 Å². The lowest BCUT2D eigenvalue weighted by atomic mass is 10.1. The number of hydrogen-bond donors (Lipinski definition) is 0. The van der Waals surface area contributed by atoms with Gasteiger partial charge in [0.1, 0.15) is 17.7 Å². The van der Waals surface area contributed by atoms with Gasteiger partial charge in [0.15, 0.2) is 6.20 Å². The van der Waals surface area contributed by atoms with Crippen LogP contribution >= 0.6 is 15.9 Å². The summed E-state index contributed by atoms with van der Waals surface area (Å²) in [4.78, 5) is 13.8. The van der Waals surface area contributed by atoms with E-state index in [9.17, 15) is 18.9 Å². The lowest BCUT2D eigenvalue weighted by molar-refractivity contribution is -0.390. The smallest absolute Gasteiger partial charge is 0.406 e. The Bertz CT molecular complexity index is 697. The van der Waals surface area contributed by atoms with E-state index in [2.05, 4.69) is 20.9 Å². The molecule has 0 saturated carbocycles. The van der Waals surface area contributed by atoms with Gasteiger partial charge in [0.25, 0.3) is 0 Å². The Morgan fingerprint density at radius 3 is 2.76 bits per heavy atom. The van der Waals surface area contributed by atoms with Gasteiger partial charge in [-0.2, -0.15) is 0 Å². The molecule has 5 nitrogen and oxygen atoms in total. The van der Waals surface area contributed by atoms with Crippen LogP contribution in [0.1, 0.15) is 18.6 Å². The van der Waals surface area contributed by atoms with Crippen LogP contribution in [0.3, 0.4) is 0 Å². The summed E-state index contributed by atoms with van der Waals surface area (Å²) in [7, 11) is 0. The van der Waals surface area contributed by atoms with E-state index in [0.717, 1.165) is 18.2 Å². The Hall–Kier alpha value is -2.09. The summed E-state index contributed by atoms with van der Waals surface area (Å²) in [6.45, 7) is 1.46. The van der Waals surface area contributed by atoms with Gasteiger partial charge in [-0.15, -0.1) is 0 Å². The molecule has 1 aromatic heterocycles. The van der Waals surface area contributed by atoms with Crippen LogP contribution in [0.4, 0.5) is 14.6 Å². The molecule has 1 aromatic carbocycles. The molecule has 0 N–H and O–H groups in total. The van der Waals surface area contributed by atoms with E-state index in [1.807, 2.05) is 0 Å². The van der Waals surface area contributed by atoms with Crippen LogP contribution in [0.5, 0.6) is 5.75 Å². The monoisotopic (exact) mass is 358 g/mol. The van der Waals surface area contributed by atoms with Crippen LogP contribution in [0.2, 0.25) is 0 Å². The number of nitro groups is 1. The van der Waals surface area contributed by atoms with E-state index in [4.69, 9.17) is 4.74 Å². The van der Waals surface area contributed by atoms with Crippen molar-refractivity contribution in [2.45, 2.75) is 13.0 Å². The second kappa shape index (κ2) is 6.13. The highest BCUT2D eigenvalue weighted by Gasteiger charge is 2.22. The number of halogens is 3. The number of ether oxygens (including phenoxy) is 1. The molecule has 1 atom stereocenters. The topological polar surface area (TPSA) is 65.3 Å². The fraction of sp³-hybridized carbons (Fsp3) is 0.154. The molecule has 0 bridgehead atoms.